The van der Waals surface area contributed by atoms with E-state index in [9.17, 15) is 19.6 Å². The quantitative estimate of drug-likeness (QED) is 0.539. The average molecular weight is 486 g/mol. The molecule has 0 aromatic heterocycles. The summed E-state index contributed by atoms with van der Waals surface area (Å²) in [4.78, 5) is 40.2. The number of hydrogen-bond acceptors (Lipinski definition) is 4. The van der Waals surface area contributed by atoms with E-state index in [-0.39, 0.29) is 17.8 Å². The van der Waals surface area contributed by atoms with Crippen molar-refractivity contribution in [3.8, 4) is 17.2 Å². The van der Waals surface area contributed by atoms with Crippen LogP contribution in [0.15, 0.2) is 48.5 Å². The SMILES string of the molecule is N#CC1(NC(=O)C2(NC(=O)c3ccc(-c4ccc(N5CCNC5=O)cc4)cc3)CCCCCC2)CC1. The van der Waals surface area contributed by atoms with Gasteiger partial charge in [-0.2, -0.15) is 5.26 Å². The second-order valence-corrected chi connectivity index (χ2v) is 10.1. The van der Waals surface area contributed by atoms with Gasteiger partial charge in [-0.05, 0) is 61.1 Å². The summed E-state index contributed by atoms with van der Waals surface area (Å²) in [5.74, 6) is -0.518. The Balaban J connectivity index is 1.30. The molecule has 0 unspecified atom stereocenters. The van der Waals surface area contributed by atoms with Crippen molar-refractivity contribution in [2.75, 3.05) is 18.0 Å². The lowest BCUT2D eigenvalue weighted by Gasteiger charge is -2.33. The van der Waals surface area contributed by atoms with Crippen molar-refractivity contribution < 1.29 is 14.4 Å². The molecule has 186 valence electrons. The third-order valence-corrected chi connectivity index (χ3v) is 7.58. The van der Waals surface area contributed by atoms with Crippen LogP contribution in [-0.2, 0) is 4.79 Å². The molecule has 2 saturated carbocycles. The molecule has 0 bridgehead atoms. The largest absolute Gasteiger partial charge is 0.338 e. The minimum Gasteiger partial charge on any atom is -0.338 e. The van der Waals surface area contributed by atoms with E-state index in [0.717, 1.165) is 42.5 Å². The first-order valence-corrected chi connectivity index (χ1v) is 12.8. The third-order valence-electron chi connectivity index (χ3n) is 7.58. The molecule has 3 fully saturated rings. The topological polar surface area (TPSA) is 114 Å². The number of carbonyl (C=O) groups is 3. The maximum Gasteiger partial charge on any atom is 0.321 e. The fraction of sp³-hybridized carbons (Fsp3) is 0.429. The molecular formula is C28H31N5O3. The van der Waals surface area contributed by atoms with Crippen LogP contribution in [0.25, 0.3) is 11.1 Å². The third kappa shape index (κ3) is 4.78. The fourth-order valence-corrected chi connectivity index (χ4v) is 5.12. The number of urea groups is 1. The molecule has 5 rings (SSSR count). The molecule has 4 amide bonds. The van der Waals surface area contributed by atoms with Gasteiger partial charge in [0, 0.05) is 24.3 Å². The molecule has 1 heterocycles. The van der Waals surface area contributed by atoms with Crippen LogP contribution in [-0.4, -0.2) is 42.0 Å². The zero-order valence-corrected chi connectivity index (χ0v) is 20.3. The lowest BCUT2D eigenvalue weighted by Crippen LogP contribution is -2.60. The summed E-state index contributed by atoms with van der Waals surface area (Å²) in [5, 5.41) is 18.2. The van der Waals surface area contributed by atoms with Crippen LogP contribution in [0.1, 0.15) is 61.7 Å². The van der Waals surface area contributed by atoms with Crippen LogP contribution < -0.4 is 20.9 Å². The summed E-state index contributed by atoms with van der Waals surface area (Å²) in [6.45, 7) is 1.30. The summed E-state index contributed by atoms with van der Waals surface area (Å²) in [6.07, 6.45) is 6.26. The summed E-state index contributed by atoms with van der Waals surface area (Å²) in [5.41, 5.74) is 1.52. The number of carbonyl (C=O) groups excluding carboxylic acids is 3. The summed E-state index contributed by atoms with van der Waals surface area (Å²) < 4.78 is 0. The van der Waals surface area contributed by atoms with Gasteiger partial charge in [0.05, 0.1) is 6.07 Å². The molecule has 0 radical (unpaired) electrons. The smallest absolute Gasteiger partial charge is 0.321 e. The highest BCUT2D eigenvalue weighted by Crippen LogP contribution is 2.36. The molecule has 1 saturated heterocycles. The Kier molecular flexibility index (Phi) is 6.40. The number of rotatable bonds is 6. The molecule has 2 aliphatic carbocycles. The Hall–Kier alpha value is -3.86. The average Bonchev–Trinajstić information content (AvgIpc) is 3.61. The summed E-state index contributed by atoms with van der Waals surface area (Å²) >= 11 is 0. The van der Waals surface area contributed by atoms with Gasteiger partial charge in [0.15, 0.2) is 0 Å². The van der Waals surface area contributed by atoms with E-state index in [2.05, 4.69) is 22.0 Å². The van der Waals surface area contributed by atoms with Crippen LogP contribution in [0.4, 0.5) is 10.5 Å². The lowest BCUT2D eigenvalue weighted by atomic mass is 9.88. The number of nitrogens with one attached hydrogen (secondary N) is 3. The van der Waals surface area contributed by atoms with Gasteiger partial charge in [0.25, 0.3) is 5.91 Å². The van der Waals surface area contributed by atoms with E-state index in [1.54, 1.807) is 17.0 Å². The van der Waals surface area contributed by atoms with E-state index < -0.39 is 11.1 Å². The van der Waals surface area contributed by atoms with Gasteiger partial charge in [-0.25, -0.2) is 4.79 Å². The van der Waals surface area contributed by atoms with Crippen LogP contribution in [0.2, 0.25) is 0 Å². The molecule has 0 spiro atoms. The molecule has 0 atom stereocenters. The number of anilines is 1. The highest BCUT2D eigenvalue weighted by molar-refractivity contribution is 6.00. The number of nitrogens with zero attached hydrogens (tertiary/aromatic N) is 2. The van der Waals surface area contributed by atoms with Crippen molar-refractivity contribution in [2.24, 2.45) is 0 Å². The van der Waals surface area contributed by atoms with Crippen molar-refractivity contribution in [3.05, 3.63) is 54.1 Å². The van der Waals surface area contributed by atoms with Gasteiger partial charge < -0.3 is 16.0 Å². The minimum absolute atomic E-state index is 0.0850. The van der Waals surface area contributed by atoms with Gasteiger partial charge in [-0.3, -0.25) is 14.5 Å². The molecular weight excluding hydrogens is 454 g/mol. The normalized spacial score (nSPS) is 20.0. The lowest BCUT2D eigenvalue weighted by molar-refractivity contribution is -0.128. The Morgan fingerprint density at radius 3 is 2.00 bits per heavy atom. The van der Waals surface area contributed by atoms with Crippen LogP contribution in [0.3, 0.4) is 0 Å². The fourth-order valence-electron chi connectivity index (χ4n) is 5.12. The monoisotopic (exact) mass is 485 g/mol. The molecule has 8 nitrogen and oxygen atoms in total. The van der Waals surface area contributed by atoms with E-state index in [1.165, 1.54) is 0 Å². The van der Waals surface area contributed by atoms with Gasteiger partial charge in [-0.15, -0.1) is 0 Å². The predicted molar refractivity (Wildman–Crippen MR) is 136 cm³/mol. The second kappa shape index (κ2) is 9.65. The van der Waals surface area contributed by atoms with Crippen molar-refractivity contribution >= 4 is 23.5 Å². The first-order chi connectivity index (χ1) is 17.4. The highest BCUT2D eigenvalue weighted by Gasteiger charge is 2.49. The standard InChI is InChI=1S/C28H31N5O3/c29-19-27(15-16-27)32-25(35)28(13-3-1-2-4-14-28)31-24(34)22-7-5-20(6-8-22)21-9-11-23(12-10-21)33-18-17-30-26(33)36/h5-12H,1-4,13-18H2,(H,30,36)(H,31,34)(H,32,35). The van der Waals surface area contributed by atoms with E-state index >= 15 is 0 Å². The predicted octanol–water partition coefficient (Wildman–Crippen LogP) is 3.88. The molecule has 3 aliphatic rings. The Morgan fingerprint density at radius 1 is 0.861 bits per heavy atom. The van der Waals surface area contributed by atoms with Crippen LogP contribution in [0.5, 0.6) is 0 Å². The van der Waals surface area contributed by atoms with Crippen molar-refractivity contribution in [3.63, 3.8) is 0 Å². The van der Waals surface area contributed by atoms with Crippen molar-refractivity contribution in [1.29, 1.82) is 5.26 Å². The Labute approximate surface area is 211 Å². The zero-order valence-electron chi connectivity index (χ0n) is 20.3. The summed E-state index contributed by atoms with van der Waals surface area (Å²) in [6, 6.07) is 17.2. The maximum atomic E-state index is 13.3. The summed E-state index contributed by atoms with van der Waals surface area (Å²) in [7, 11) is 0. The Morgan fingerprint density at radius 2 is 1.47 bits per heavy atom. The maximum absolute atomic E-state index is 13.3. The van der Waals surface area contributed by atoms with Crippen LogP contribution >= 0.6 is 0 Å². The molecule has 8 heteroatoms. The van der Waals surface area contributed by atoms with Crippen molar-refractivity contribution in [1.82, 2.24) is 16.0 Å². The number of benzene rings is 2. The van der Waals surface area contributed by atoms with E-state index in [1.807, 2.05) is 36.4 Å². The van der Waals surface area contributed by atoms with Gasteiger partial charge in [-0.1, -0.05) is 49.9 Å². The first-order valence-electron chi connectivity index (χ1n) is 12.8. The molecule has 1 aliphatic heterocycles. The number of hydrogen-bond donors (Lipinski definition) is 3. The minimum atomic E-state index is -0.990. The van der Waals surface area contributed by atoms with E-state index in [4.69, 9.17) is 0 Å². The number of amides is 4. The van der Waals surface area contributed by atoms with Gasteiger partial charge in [0.2, 0.25) is 5.91 Å². The number of nitriles is 1. The van der Waals surface area contributed by atoms with Gasteiger partial charge in [0.1, 0.15) is 11.1 Å². The molecule has 2 aromatic rings. The highest BCUT2D eigenvalue weighted by atomic mass is 16.2. The first kappa shape index (κ1) is 23.9. The van der Waals surface area contributed by atoms with Crippen molar-refractivity contribution in [2.45, 2.75) is 62.4 Å². The van der Waals surface area contributed by atoms with Gasteiger partial charge >= 0.3 is 6.03 Å². The second-order valence-electron chi connectivity index (χ2n) is 10.1. The zero-order chi connectivity index (χ0) is 25.2. The van der Waals surface area contributed by atoms with Crippen LogP contribution in [0, 0.1) is 11.3 Å². The van der Waals surface area contributed by atoms with E-state index in [0.29, 0.717) is 44.3 Å². The molecule has 3 N–H and O–H groups in total. The molecule has 2 aromatic carbocycles. The molecule has 36 heavy (non-hydrogen) atoms. The Bertz CT molecular complexity index is 1190.